The molecule has 10 heavy (non-hydrogen) atoms. The fraction of sp³-hybridized carbons (Fsp3) is 0.375. The first kappa shape index (κ1) is 12.2. The van der Waals surface area contributed by atoms with Crippen LogP contribution < -0.4 is 0 Å². The van der Waals surface area contributed by atoms with Crippen LogP contribution in [0.4, 0.5) is 0 Å². The lowest BCUT2D eigenvalue weighted by atomic mass is 10.3. The van der Waals surface area contributed by atoms with E-state index in [1.54, 1.807) is 11.8 Å². The third-order valence-corrected chi connectivity index (χ3v) is 0.683. The summed E-state index contributed by atoms with van der Waals surface area (Å²) in [5, 5.41) is 0. The number of rotatable bonds is 2. The van der Waals surface area contributed by atoms with Gasteiger partial charge in [-0.3, -0.25) is 4.99 Å². The van der Waals surface area contributed by atoms with E-state index in [0.717, 1.165) is 5.57 Å². The van der Waals surface area contributed by atoms with Crippen LogP contribution in [0.2, 0.25) is 0 Å². The molecule has 0 aromatic heterocycles. The van der Waals surface area contributed by atoms with E-state index in [4.69, 9.17) is 0 Å². The quantitative estimate of drug-likeness (QED) is 0.443. The van der Waals surface area contributed by atoms with Crippen molar-refractivity contribution in [3.05, 3.63) is 24.4 Å². The fourth-order valence-electron chi connectivity index (χ4n) is 0.135. The largest absolute Gasteiger partial charge is 0.265 e. The Hall–Kier alpha value is -0.500. The van der Waals surface area contributed by atoms with E-state index >= 15 is 0 Å². The third-order valence-electron chi connectivity index (χ3n) is 0.683. The number of hydrogen-bond acceptors (Lipinski definition) is 2. The molecule has 0 saturated heterocycles. The lowest BCUT2D eigenvalue weighted by Gasteiger charge is -1.90. The second-order valence-electron chi connectivity index (χ2n) is 1.79. The van der Waals surface area contributed by atoms with Gasteiger partial charge in [-0.25, -0.2) is 0 Å². The van der Waals surface area contributed by atoms with Crippen molar-refractivity contribution in [2.45, 2.75) is 6.92 Å². The molecular formula is C8H15NS. The first-order valence-electron chi connectivity index (χ1n) is 2.81. The predicted molar refractivity (Wildman–Crippen MR) is 52.9 cm³/mol. The van der Waals surface area contributed by atoms with Crippen LogP contribution >= 0.6 is 11.8 Å². The summed E-state index contributed by atoms with van der Waals surface area (Å²) in [5.41, 5.74) is 1.54. The number of nitrogens with zero attached hydrogens (tertiary/aromatic N) is 1. The minimum atomic E-state index is 0.667. The van der Waals surface area contributed by atoms with Gasteiger partial charge in [-0.15, -0.1) is 0 Å². The van der Waals surface area contributed by atoms with Crippen LogP contribution in [0.15, 0.2) is 29.4 Å². The molecule has 0 fully saturated rings. The maximum Gasteiger partial charge on any atom is 0.0573 e. The molecule has 58 valence electrons. The Bertz CT molecular complexity index is 127. The maximum absolute atomic E-state index is 3.59. The number of allylic oxidation sites excluding steroid dienone is 1. The Morgan fingerprint density at radius 3 is 1.60 bits per heavy atom. The van der Waals surface area contributed by atoms with E-state index in [9.17, 15) is 0 Å². The zero-order valence-electron chi connectivity index (χ0n) is 6.98. The number of thioether (sulfide) groups is 1. The van der Waals surface area contributed by atoms with Crippen LogP contribution in [0.5, 0.6) is 0 Å². The Morgan fingerprint density at radius 2 is 1.60 bits per heavy atom. The van der Waals surface area contributed by atoms with E-state index in [1.807, 2.05) is 19.4 Å². The molecule has 0 bridgehead atoms. The van der Waals surface area contributed by atoms with Crippen molar-refractivity contribution < 1.29 is 0 Å². The highest BCUT2D eigenvalue weighted by Crippen LogP contribution is 2.01. The van der Waals surface area contributed by atoms with Crippen LogP contribution in [0.25, 0.3) is 0 Å². The highest BCUT2D eigenvalue weighted by Gasteiger charge is 1.82. The molecule has 0 rings (SSSR count). The molecule has 0 aliphatic heterocycles. The summed E-state index contributed by atoms with van der Waals surface area (Å²) in [4.78, 5) is 3.54. The first-order valence-corrected chi connectivity index (χ1v) is 4.45. The van der Waals surface area contributed by atoms with Crippen molar-refractivity contribution in [2.24, 2.45) is 4.99 Å². The van der Waals surface area contributed by atoms with Gasteiger partial charge >= 0.3 is 0 Å². The molecule has 2 heteroatoms. The van der Waals surface area contributed by atoms with Crippen molar-refractivity contribution in [1.29, 1.82) is 0 Å². The fourth-order valence-corrected chi connectivity index (χ4v) is 0.135. The van der Waals surface area contributed by atoms with E-state index < -0.39 is 0 Å². The smallest absolute Gasteiger partial charge is 0.0573 e. The van der Waals surface area contributed by atoms with Crippen molar-refractivity contribution >= 4 is 18.5 Å². The number of hydrogen-bond donors (Lipinski definition) is 0. The van der Waals surface area contributed by atoms with Gasteiger partial charge in [-0.1, -0.05) is 13.2 Å². The summed E-state index contributed by atoms with van der Waals surface area (Å²) in [6, 6.07) is 0. The van der Waals surface area contributed by atoms with Crippen molar-refractivity contribution in [2.75, 3.05) is 12.5 Å². The lowest BCUT2D eigenvalue weighted by molar-refractivity contribution is 1.33. The monoisotopic (exact) mass is 157 g/mol. The Kier molecular flexibility index (Phi) is 10.4. The van der Waals surface area contributed by atoms with Crippen LogP contribution in [-0.2, 0) is 0 Å². The molecule has 0 N–H and O–H groups in total. The van der Waals surface area contributed by atoms with Crippen LogP contribution in [0.1, 0.15) is 6.92 Å². The summed E-state index contributed by atoms with van der Waals surface area (Å²) in [6.45, 7) is 12.3. The van der Waals surface area contributed by atoms with Gasteiger partial charge in [0.15, 0.2) is 0 Å². The zero-order chi connectivity index (χ0) is 8.57. The minimum Gasteiger partial charge on any atom is -0.265 e. The van der Waals surface area contributed by atoms with E-state index in [-0.39, 0.29) is 0 Å². The predicted octanol–water partition coefficient (Wildman–Crippen LogP) is 2.76. The zero-order valence-corrected chi connectivity index (χ0v) is 7.79. The SMILES string of the molecule is C=NC(=C)C(=C)C.CSC. The van der Waals surface area contributed by atoms with Gasteiger partial charge in [0.2, 0.25) is 0 Å². The topological polar surface area (TPSA) is 12.4 Å². The maximum atomic E-state index is 3.59. The summed E-state index contributed by atoms with van der Waals surface area (Å²) in [7, 11) is 0. The van der Waals surface area contributed by atoms with Gasteiger partial charge in [0.25, 0.3) is 0 Å². The molecule has 0 radical (unpaired) electrons. The van der Waals surface area contributed by atoms with Gasteiger partial charge in [0, 0.05) is 0 Å². The van der Waals surface area contributed by atoms with Crippen LogP contribution in [0.3, 0.4) is 0 Å². The summed E-state index contributed by atoms with van der Waals surface area (Å²) >= 11 is 1.75. The molecule has 0 saturated carbocycles. The second kappa shape index (κ2) is 8.50. The second-order valence-corrected chi connectivity index (χ2v) is 2.61. The highest BCUT2D eigenvalue weighted by atomic mass is 32.2. The van der Waals surface area contributed by atoms with Crippen molar-refractivity contribution in [3.63, 3.8) is 0 Å². The molecule has 0 aromatic rings. The molecule has 1 nitrogen and oxygen atoms in total. The molecule has 0 amide bonds. The Labute approximate surface area is 67.9 Å². The minimum absolute atomic E-state index is 0.667. The number of aliphatic imine (C=N–C) groups is 1. The molecule has 0 heterocycles. The van der Waals surface area contributed by atoms with Gasteiger partial charge in [-0.05, 0) is 31.7 Å². The molecule has 0 unspecified atom stereocenters. The average molecular weight is 157 g/mol. The molecule has 0 atom stereocenters. The van der Waals surface area contributed by atoms with Crippen LogP contribution in [0, 0.1) is 0 Å². The Morgan fingerprint density at radius 1 is 1.30 bits per heavy atom. The molecular weight excluding hydrogens is 142 g/mol. The molecule has 0 aliphatic rings. The van der Waals surface area contributed by atoms with E-state index in [2.05, 4.69) is 24.9 Å². The van der Waals surface area contributed by atoms with Gasteiger partial charge in [0.05, 0.1) is 5.70 Å². The highest BCUT2D eigenvalue weighted by molar-refractivity contribution is 7.97. The van der Waals surface area contributed by atoms with Crippen molar-refractivity contribution in [1.82, 2.24) is 0 Å². The van der Waals surface area contributed by atoms with Gasteiger partial charge in [-0.2, -0.15) is 11.8 Å². The standard InChI is InChI=1S/C6H9N.C2H6S/c1-5(2)6(3)7-4;1-3-2/h1,3-4H2,2H3;1-2H3. The average Bonchev–Trinajstić information content (AvgIpc) is 1.88. The van der Waals surface area contributed by atoms with Gasteiger partial charge < -0.3 is 0 Å². The van der Waals surface area contributed by atoms with Crippen molar-refractivity contribution in [3.8, 4) is 0 Å². The normalized spacial score (nSPS) is 7.10. The molecule has 0 spiro atoms. The molecule has 0 aromatic carbocycles. The lowest BCUT2D eigenvalue weighted by Crippen LogP contribution is -1.71. The molecule has 0 aliphatic carbocycles. The van der Waals surface area contributed by atoms with Crippen LogP contribution in [-0.4, -0.2) is 19.2 Å². The summed E-state index contributed by atoms with van der Waals surface area (Å²) < 4.78 is 0. The first-order chi connectivity index (χ1) is 4.59. The van der Waals surface area contributed by atoms with E-state index in [0.29, 0.717) is 5.70 Å². The van der Waals surface area contributed by atoms with Gasteiger partial charge in [0.1, 0.15) is 0 Å². The third kappa shape index (κ3) is 10.5. The summed E-state index contributed by atoms with van der Waals surface area (Å²) in [5.74, 6) is 0. The van der Waals surface area contributed by atoms with E-state index in [1.165, 1.54) is 0 Å². The summed E-state index contributed by atoms with van der Waals surface area (Å²) in [6.07, 6.45) is 4.08. The Balaban J connectivity index is 0.